The molecule has 2 fully saturated rings. The maximum atomic E-state index is 13.1. The van der Waals surface area contributed by atoms with Crippen molar-refractivity contribution in [3.8, 4) is 0 Å². The lowest BCUT2D eigenvalue weighted by Crippen LogP contribution is -2.59. The minimum atomic E-state index is -0.505. The molecule has 1 saturated carbocycles. The summed E-state index contributed by atoms with van der Waals surface area (Å²) < 4.78 is 1.65. The molecule has 34 heavy (non-hydrogen) atoms. The predicted octanol–water partition coefficient (Wildman–Crippen LogP) is 3.84. The van der Waals surface area contributed by atoms with Crippen LogP contribution in [0.5, 0.6) is 0 Å². The van der Waals surface area contributed by atoms with Crippen LogP contribution in [0.15, 0.2) is 66.7 Å². The molecule has 4 N–H and O–H groups in total. The number of rotatable bonds is 5. The Morgan fingerprint density at radius 2 is 1.68 bits per heavy atom. The highest BCUT2D eigenvalue weighted by Crippen LogP contribution is 2.30. The van der Waals surface area contributed by atoms with Crippen molar-refractivity contribution in [3.05, 3.63) is 83.6 Å². The molecule has 0 bridgehead atoms. The molecule has 8 heteroatoms. The molecule has 3 aromatic rings. The number of carbonyl (C=O) groups is 2. The summed E-state index contributed by atoms with van der Waals surface area (Å²) in [4.78, 5) is 25.9. The summed E-state index contributed by atoms with van der Waals surface area (Å²) in [5, 5.41) is 17.1. The van der Waals surface area contributed by atoms with Gasteiger partial charge in [0.1, 0.15) is 5.82 Å². The summed E-state index contributed by atoms with van der Waals surface area (Å²) in [6, 6.07) is 21.0. The van der Waals surface area contributed by atoms with Gasteiger partial charge in [-0.15, -0.1) is 0 Å². The van der Waals surface area contributed by atoms with Crippen LogP contribution in [0.4, 0.5) is 10.6 Å². The number of carbonyl (C=O) groups excluding carboxylic acids is 2. The second kappa shape index (κ2) is 9.69. The van der Waals surface area contributed by atoms with Crippen LogP contribution >= 0.6 is 0 Å². The van der Waals surface area contributed by atoms with Gasteiger partial charge >= 0.3 is 6.03 Å². The third-order valence-electron chi connectivity index (χ3n) is 6.64. The van der Waals surface area contributed by atoms with E-state index in [0.717, 1.165) is 42.5 Å². The summed E-state index contributed by atoms with van der Waals surface area (Å²) in [5.41, 5.74) is 2.72. The van der Waals surface area contributed by atoms with Crippen molar-refractivity contribution in [2.24, 2.45) is 5.92 Å². The van der Waals surface area contributed by atoms with Crippen molar-refractivity contribution in [3.63, 3.8) is 0 Å². The number of benzene rings is 2. The molecule has 0 radical (unpaired) electrons. The van der Waals surface area contributed by atoms with Gasteiger partial charge in [0.25, 0.3) is 0 Å². The van der Waals surface area contributed by atoms with Gasteiger partial charge in [-0.3, -0.25) is 15.4 Å². The Hall–Kier alpha value is -3.65. The Bertz CT molecular complexity index is 1110. The van der Waals surface area contributed by atoms with Gasteiger partial charge in [-0.05, 0) is 30.9 Å². The van der Waals surface area contributed by atoms with Crippen molar-refractivity contribution >= 4 is 17.8 Å². The van der Waals surface area contributed by atoms with Crippen molar-refractivity contribution in [1.29, 1.82) is 0 Å². The van der Waals surface area contributed by atoms with E-state index >= 15 is 0 Å². The van der Waals surface area contributed by atoms with Crippen LogP contribution < -0.4 is 21.3 Å². The molecule has 176 valence electrons. The minimum Gasteiger partial charge on any atom is -0.327 e. The van der Waals surface area contributed by atoms with E-state index in [-0.39, 0.29) is 29.9 Å². The van der Waals surface area contributed by atoms with E-state index in [0.29, 0.717) is 5.82 Å². The van der Waals surface area contributed by atoms with E-state index in [4.69, 9.17) is 0 Å². The molecule has 8 nitrogen and oxygen atoms in total. The SMILES string of the molecule is Cc1cc(NC(=O)NC(c2ccccc2)c2ccccc2)n(C2NC(=O)C3CCCCC3N2)n1. The number of hydrogen-bond donors (Lipinski definition) is 4. The van der Waals surface area contributed by atoms with Crippen molar-refractivity contribution in [2.75, 3.05) is 5.32 Å². The normalized spacial score (nSPS) is 22.1. The van der Waals surface area contributed by atoms with Gasteiger partial charge < -0.3 is 10.6 Å². The summed E-state index contributed by atoms with van der Waals surface area (Å²) in [6.07, 6.45) is 3.56. The van der Waals surface area contributed by atoms with Crippen LogP contribution in [0.25, 0.3) is 0 Å². The highest BCUT2D eigenvalue weighted by molar-refractivity contribution is 5.89. The van der Waals surface area contributed by atoms with E-state index in [1.54, 1.807) is 10.7 Å². The van der Waals surface area contributed by atoms with Crippen molar-refractivity contribution in [1.82, 2.24) is 25.7 Å². The molecule has 5 rings (SSSR count). The zero-order valence-corrected chi connectivity index (χ0v) is 19.2. The Kier molecular flexibility index (Phi) is 6.31. The monoisotopic (exact) mass is 458 g/mol. The fourth-order valence-electron chi connectivity index (χ4n) is 5.00. The van der Waals surface area contributed by atoms with Crippen molar-refractivity contribution < 1.29 is 9.59 Å². The fraction of sp³-hybridized carbons (Fsp3) is 0.346. The molecule has 3 atom stereocenters. The molecule has 1 saturated heterocycles. The summed E-state index contributed by atoms with van der Waals surface area (Å²) in [7, 11) is 0. The highest BCUT2D eigenvalue weighted by atomic mass is 16.2. The average molecular weight is 459 g/mol. The number of aromatic nitrogens is 2. The van der Waals surface area contributed by atoms with Crippen molar-refractivity contribution in [2.45, 2.75) is 51.0 Å². The maximum Gasteiger partial charge on any atom is 0.321 e. The van der Waals surface area contributed by atoms with Gasteiger partial charge in [-0.25, -0.2) is 9.48 Å². The van der Waals surface area contributed by atoms with E-state index in [1.807, 2.05) is 67.6 Å². The van der Waals surface area contributed by atoms with Crippen LogP contribution in [0.2, 0.25) is 0 Å². The highest BCUT2D eigenvalue weighted by Gasteiger charge is 2.38. The van der Waals surface area contributed by atoms with Crippen LogP contribution in [0.1, 0.15) is 54.8 Å². The van der Waals surface area contributed by atoms with E-state index in [1.165, 1.54) is 0 Å². The smallest absolute Gasteiger partial charge is 0.321 e. The Morgan fingerprint density at radius 3 is 2.35 bits per heavy atom. The number of nitrogens with zero attached hydrogens (tertiary/aromatic N) is 2. The maximum absolute atomic E-state index is 13.1. The summed E-state index contributed by atoms with van der Waals surface area (Å²) in [5.74, 6) is 0.561. The third-order valence-corrected chi connectivity index (χ3v) is 6.64. The number of hydrogen-bond acceptors (Lipinski definition) is 4. The van der Waals surface area contributed by atoms with E-state index in [2.05, 4.69) is 26.4 Å². The first kappa shape index (κ1) is 22.2. The first-order valence-corrected chi connectivity index (χ1v) is 11.9. The van der Waals surface area contributed by atoms with Crippen LogP contribution in [0, 0.1) is 12.8 Å². The van der Waals surface area contributed by atoms with E-state index in [9.17, 15) is 9.59 Å². The lowest BCUT2D eigenvalue weighted by atomic mass is 9.83. The number of amides is 3. The molecule has 2 aliphatic rings. The number of anilines is 1. The lowest BCUT2D eigenvalue weighted by Gasteiger charge is -2.40. The molecule has 3 unspecified atom stereocenters. The van der Waals surface area contributed by atoms with E-state index < -0.39 is 6.29 Å². The van der Waals surface area contributed by atoms with Gasteiger partial charge in [0.05, 0.1) is 17.7 Å². The number of aryl methyl sites for hydroxylation is 1. The minimum absolute atomic E-state index is 0.00105. The molecule has 2 heterocycles. The second-order valence-electron chi connectivity index (χ2n) is 9.04. The Balaban J connectivity index is 1.34. The summed E-state index contributed by atoms with van der Waals surface area (Å²) >= 11 is 0. The molecular weight excluding hydrogens is 428 g/mol. The zero-order chi connectivity index (χ0) is 23.5. The predicted molar refractivity (Wildman–Crippen MR) is 130 cm³/mol. The number of nitrogens with one attached hydrogen (secondary N) is 4. The molecule has 2 aromatic carbocycles. The first-order valence-electron chi connectivity index (χ1n) is 11.9. The summed E-state index contributed by atoms with van der Waals surface area (Å²) in [6.45, 7) is 1.87. The molecule has 0 spiro atoms. The second-order valence-corrected chi connectivity index (χ2v) is 9.04. The number of urea groups is 1. The van der Waals surface area contributed by atoms with Gasteiger partial charge in [0, 0.05) is 12.1 Å². The number of fused-ring (bicyclic) bond motifs is 1. The Labute approximate surface area is 199 Å². The topological polar surface area (TPSA) is 100 Å². The van der Waals surface area contributed by atoms with Crippen LogP contribution in [0.3, 0.4) is 0 Å². The quantitative estimate of drug-likeness (QED) is 0.467. The molecular formula is C26H30N6O2. The standard InChI is InChI=1S/C26H30N6O2/c1-17-16-22(32(31-17)25-27-21-15-9-8-14-20(21)24(33)30-25)28-26(34)29-23(18-10-4-2-5-11-18)19-12-6-3-7-13-19/h2-7,10-13,16,20-21,23,25,27H,8-9,14-15H2,1H3,(H,30,33)(H2,28,29,34). The van der Waals surface area contributed by atoms with Crippen LogP contribution in [-0.2, 0) is 4.79 Å². The molecule has 1 aliphatic carbocycles. The van der Waals surface area contributed by atoms with Gasteiger partial charge in [0.2, 0.25) is 5.91 Å². The third kappa shape index (κ3) is 4.68. The average Bonchev–Trinajstić information content (AvgIpc) is 3.23. The largest absolute Gasteiger partial charge is 0.327 e. The fourth-order valence-corrected chi connectivity index (χ4v) is 5.00. The van der Waals surface area contributed by atoms with Gasteiger partial charge in [-0.2, -0.15) is 5.10 Å². The molecule has 1 aromatic heterocycles. The van der Waals surface area contributed by atoms with Crippen LogP contribution in [-0.4, -0.2) is 27.8 Å². The zero-order valence-electron chi connectivity index (χ0n) is 19.2. The Morgan fingerprint density at radius 1 is 1.03 bits per heavy atom. The molecule has 3 amide bonds. The van der Waals surface area contributed by atoms with Gasteiger partial charge in [-0.1, -0.05) is 73.5 Å². The van der Waals surface area contributed by atoms with Gasteiger partial charge in [0.15, 0.2) is 6.29 Å². The first-order chi connectivity index (χ1) is 16.6. The molecule has 1 aliphatic heterocycles. The lowest BCUT2D eigenvalue weighted by molar-refractivity contribution is -0.132.